The molecule has 3 amide bonds. The zero-order chi connectivity index (χ0) is 18.4. The van der Waals surface area contributed by atoms with Crippen LogP contribution in [0, 0.1) is 0 Å². The monoisotopic (exact) mass is 375 g/mol. The van der Waals surface area contributed by atoms with Gasteiger partial charge in [-0.05, 0) is 37.1 Å². The van der Waals surface area contributed by atoms with Gasteiger partial charge >= 0.3 is 6.03 Å². The van der Waals surface area contributed by atoms with Gasteiger partial charge in [-0.25, -0.2) is 9.78 Å². The van der Waals surface area contributed by atoms with Crippen molar-refractivity contribution >= 4 is 34.6 Å². The van der Waals surface area contributed by atoms with Gasteiger partial charge in [0.05, 0.1) is 6.10 Å². The molecule has 0 radical (unpaired) electrons. The molecule has 1 saturated heterocycles. The highest BCUT2D eigenvalue weighted by atomic mass is 32.1. The van der Waals surface area contributed by atoms with Gasteiger partial charge < -0.3 is 26.4 Å². The topological polar surface area (TPSA) is 118 Å². The van der Waals surface area contributed by atoms with Crippen molar-refractivity contribution in [1.82, 2.24) is 10.3 Å². The van der Waals surface area contributed by atoms with Crippen LogP contribution in [0.1, 0.15) is 28.3 Å². The average Bonchev–Trinajstić information content (AvgIpc) is 3.33. The maximum absolute atomic E-state index is 12.1. The van der Waals surface area contributed by atoms with Gasteiger partial charge in [0.25, 0.3) is 5.91 Å². The lowest BCUT2D eigenvalue weighted by Crippen LogP contribution is -2.35. The van der Waals surface area contributed by atoms with Crippen LogP contribution in [0.3, 0.4) is 0 Å². The van der Waals surface area contributed by atoms with E-state index in [0.717, 1.165) is 19.4 Å². The zero-order valence-electron chi connectivity index (χ0n) is 14.2. The average molecular weight is 375 g/mol. The van der Waals surface area contributed by atoms with Gasteiger partial charge in [0.2, 0.25) is 0 Å². The first-order valence-electron chi connectivity index (χ1n) is 8.36. The Labute approximate surface area is 155 Å². The van der Waals surface area contributed by atoms with Gasteiger partial charge in [0.1, 0.15) is 10.7 Å². The fourth-order valence-corrected chi connectivity index (χ4v) is 3.18. The number of amides is 3. The fourth-order valence-electron chi connectivity index (χ4n) is 2.53. The molecular formula is C17H21N5O3S. The molecule has 1 aromatic heterocycles. The molecular weight excluding hydrogens is 354 g/mol. The summed E-state index contributed by atoms with van der Waals surface area (Å²) in [6.45, 7) is 1.57. The summed E-state index contributed by atoms with van der Waals surface area (Å²) < 4.78 is 5.46. The summed E-state index contributed by atoms with van der Waals surface area (Å²) in [4.78, 5) is 28.1. The lowest BCUT2D eigenvalue weighted by atomic mass is 10.2. The Bertz CT molecular complexity index is 756. The first-order chi connectivity index (χ1) is 12.6. The Morgan fingerprint density at radius 1 is 1.23 bits per heavy atom. The van der Waals surface area contributed by atoms with Crippen molar-refractivity contribution in [2.75, 3.05) is 23.8 Å². The number of urea groups is 1. The number of benzene rings is 1. The molecule has 1 atom stereocenters. The highest BCUT2D eigenvalue weighted by Crippen LogP contribution is 2.16. The van der Waals surface area contributed by atoms with Crippen LogP contribution in [0.4, 0.5) is 16.2 Å². The van der Waals surface area contributed by atoms with Crippen LogP contribution in [0.25, 0.3) is 0 Å². The van der Waals surface area contributed by atoms with E-state index >= 15 is 0 Å². The lowest BCUT2D eigenvalue weighted by Gasteiger charge is -2.12. The van der Waals surface area contributed by atoms with Crippen molar-refractivity contribution in [3.8, 4) is 0 Å². The molecule has 0 bridgehead atoms. The minimum atomic E-state index is -0.295. The van der Waals surface area contributed by atoms with E-state index in [4.69, 9.17) is 10.5 Å². The number of ether oxygens (including phenoxy) is 1. The van der Waals surface area contributed by atoms with Gasteiger partial charge in [-0.3, -0.25) is 4.79 Å². The predicted octanol–water partition coefficient (Wildman–Crippen LogP) is 2.15. The number of hydrogen-bond donors (Lipinski definition) is 4. The number of anilines is 2. The van der Waals surface area contributed by atoms with Crippen LogP contribution < -0.4 is 21.7 Å². The fraction of sp³-hybridized carbons (Fsp3) is 0.353. The number of nitrogens with two attached hydrogens (primary N) is 1. The molecule has 1 unspecified atom stereocenters. The highest BCUT2D eigenvalue weighted by Gasteiger charge is 2.16. The minimum absolute atomic E-state index is 0.101. The minimum Gasteiger partial charge on any atom is -0.376 e. The number of thiazole rings is 1. The van der Waals surface area contributed by atoms with Gasteiger partial charge in [-0.1, -0.05) is 0 Å². The summed E-state index contributed by atoms with van der Waals surface area (Å²) in [6, 6.07) is 6.57. The summed E-state index contributed by atoms with van der Waals surface area (Å²) in [5.41, 5.74) is 7.08. The predicted molar refractivity (Wildman–Crippen MR) is 100 cm³/mol. The van der Waals surface area contributed by atoms with Crippen LogP contribution >= 0.6 is 11.3 Å². The number of nitrogens with zero attached hydrogens (tertiary/aromatic N) is 1. The SMILES string of the molecule is NCc1nc(C(=O)Nc2ccc(NC(=O)NCC3CCCO3)cc2)cs1. The van der Waals surface area contributed by atoms with Gasteiger partial charge in [-0.15, -0.1) is 11.3 Å². The summed E-state index contributed by atoms with van der Waals surface area (Å²) in [5, 5.41) is 10.7. The third kappa shape index (κ3) is 5.01. The Morgan fingerprint density at radius 2 is 1.96 bits per heavy atom. The van der Waals surface area contributed by atoms with Crippen molar-refractivity contribution in [3.63, 3.8) is 0 Å². The zero-order valence-corrected chi connectivity index (χ0v) is 15.0. The quantitative estimate of drug-likeness (QED) is 0.617. The van der Waals surface area contributed by atoms with E-state index in [2.05, 4.69) is 20.9 Å². The molecule has 0 aliphatic carbocycles. The molecule has 138 valence electrons. The van der Waals surface area contributed by atoms with E-state index in [-0.39, 0.29) is 18.0 Å². The van der Waals surface area contributed by atoms with E-state index in [9.17, 15) is 9.59 Å². The van der Waals surface area contributed by atoms with Crippen LogP contribution in [0.5, 0.6) is 0 Å². The van der Waals surface area contributed by atoms with Crippen molar-refractivity contribution in [3.05, 3.63) is 40.3 Å². The molecule has 2 heterocycles. The Balaban J connectivity index is 1.48. The normalized spacial score (nSPS) is 16.3. The van der Waals surface area contributed by atoms with Crippen molar-refractivity contribution in [2.45, 2.75) is 25.5 Å². The summed E-state index contributed by atoms with van der Waals surface area (Å²) >= 11 is 1.35. The molecule has 0 saturated carbocycles. The largest absolute Gasteiger partial charge is 0.376 e. The van der Waals surface area contributed by atoms with E-state index in [0.29, 0.717) is 35.2 Å². The van der Waals surface area contributed by atoms with E-state index in [1.54, 1.807) is 29.6 Å². The number of carbonyl (C=O) groups excluding carboxylic acids is 2. The number of aromatic nitrogens is 1. The molecule has 1 aliphatic heterocycles. The first-order valence-corrected chi connectivity index (χ1v) is 9.24. The molecule has 26 heavy (non-hydrogen) atoms. The highest BCUT2D eigenvalue weighted by molar-refractivity contribution is 7.09. The molecule has 1 fully saturated rings. The van der Waals surface area contributed by atoms with Crippen LogP contribution in [0.2, 0.25) is 0 Å². The second-order valence-electron chi connectivity index (χ2n) is 5.83. The Hall–Kier alpha value is -2.49. The molecule has 0 spiro atoms. The second kappa shape index (κ2) is 8.75. The summed E-state index contributed by atoms with van der Waals surface area (Å²) in [6.07, 6.45) is 2.11. The Morgan fingerprint density at radius 3 is 2.58 bits per heavy atom. The molecule has 9 heteroatoms. The van der Waals surface area contributed by atoms with Gasteiger partial charge in [-0.2, -0.15) is 0 Å². The lowest BCUT2D eigenvalue weighted by molar-refractivity contribution is 0.102. The van der Waals surface area contributed by atoms with Crippen LogP contribution in [-0.2, 0) is 11.3 Å². The van der Waals surface area contributed by atoms with E-state index in [1.807, 2.05) is 0 Å². The first kappa shape index (κ1) is 18.3. The molecule has 1 aromatic carbocycles. The summed E-state index contributed by atoms with van der Waals surface area (Å²) in [7, 11) is 0. The van der Waals surface area contributed by atoms with Crippen molar-refractivity contribution in [2.24, 2.45) is 5.73 Å². The van der Waals surface area contributed by atoms with Gasteiger partial charge in [0.15, 0.2) is 0 Å². The third-order valence-corrected chi connectivity index (χ3v) is 4.75. The maximum atomic E-state index is 12.1. The van der Waals surface area contributed by atoms with Crippen LogP contribution in [0.15, 0.2) is 29.6 Å². The second-order valence-corrected chi connectivity index (χ2v) is 6.77. The number of nitrogens with one attached hydrogen (secondary N) is 3. The van der Waals surface area contributed by atoms with E-state index in [1.165, 1.54) is 11.3 Å². The van der Waals surface area contributed by atoms with Crippen molar-refractivity contribution < 1.29 is 14.3 Å². The molecule has 3 rings (SSSR count). The van der Waals surface area contributed by atoms with Crippen LogP contribution in [-0.4, -0.2) is 36.2 Å². The standard InChI is InChI=1S/C17H21N5O3S/c18-8-15-22-14(10-26-15)16(23)20-11-3-5-12(6-4-11)21-17(24)19-9-13-2-1-7-25-13/h3-6,10,13H,1-2,7-9,18H2,(H,20,23)(H2,19,21,24). The summed E-state index contributed by atoms with van der Waals surface area (Å²) in [5.74, 6) is -0.295. The molecule has 8 nitrogen and oxygen atoms in total. The third-order valence-electron chi connectivity index (χ3n) is 3.87. The number of rotatable bonds is 6. The number of hydrogen-bond acceptors (Lipinski definition) is 6. The van der Waals surface area contributed by atoms with Gasteiger partial charge in [0, 0.05) is 36.5 Å². The molecule has 5 N–H and O–H groups in total. The van der Waals surface area contributed by atoms with E-state index < -0.39 is 0 Å². The molecule has 2 aromatic rings. The smallest absolute Gasteiger partial charge is 0.319 e. The van der Waals surface area contributed by atoms with Crippen molar-refractivity contribution in [1.29, 1.82) is 0 Å². The molecule has 1 aliphatic rings. The number of carbonyl (C=O) groups is 2. The Kier molecular flexibility index (Phi) is 6.16. The maximum Gasteiger partial charge on any atom is 0.319 e.